The molecule has 1 aromatic heterocycles. The van der Waals surface area contributed by atoms with Gasteiger partial charge in [0.25, 0.3) is 0 Å². The lowest BCUT2D eigenvalue weighted by Crippen LogP contribution is -2.25. The fourth-order valence-corrected chi connectivity index (χ4v) is 2.80. The second kappa shape index (κ2) is 5.85. The Bertz CT molecular complexity index is 380. The summed E-state index contributed by atoms with van der Waals surface area (Å²) >= 11 is 3.55. The zero-order chi connectivity index (χ0) is 12.3. The van der Waals surface area contributed by atoms with E-state index in [1.807, 2.05) is 12.3 Å². The van der Waals surface area contributed by atoms with E-state index in [2.05, 4.69) is 34.8 Å². The average Bonchev–Trinajstić information content (AvgIpc) is 2.35. The van der Waals surface area contributed by atoms with Gasteiger partial charge in [-0.3, -0.25) is 0 Å². The van der Waals surface area contributed by atoms with E-state index in [1.165, 1.54) is 37.7 Å². The molecule has 0 aliphatic heterocycles. The monoisotopic (exact) mass is 297 g/mol. The molecule has 2 unspecified atom stereocenters. The molecule has 0 spiro atoms. The molecule has 17 heavy (non-hydrogen) atoms. The summed E-state index contributed by atoms with van der Waals surface area (Å²) in [7, 11) is 0. The molecule has 1 fully saturated rings. The maximum absolute atomic E-state index is 6.04. The fourth-order valence-electron chi connectivity index (χ4n) is 2.47. The Morgan fingerprint density at radius 1 is 1.47 bits per heavy atom. The number of halogens is 1. The van der Waals surface area contributed by atoms with Crippen LogP contribution in [0.1, 0.15) is 44.6 Å². The topological polar surface area (TPSA) is 22.1 Å². The lowest BCUT2D eigenvalue weighted by Gasteiger charge is -2.28. The molecule has 3 heteroatoms. The highest BCUT2D eigenvalue weighted by molar-refractivity contribution is 9.10. The molecule has 1 aromatic rings. The van der Waals surface area contributed by atoms with Crippen LogP contribution in [0.2, 0.25) is 0 Å². The van der Waals surface area contributed by atoms with E-state index in [-0.39, 0.29) is 0 Å². The van der Waals surface area contributed by atoms with Gasteiger partial charge >= 0.3 is 0 Å². The van der Waals surface area contributed by atoms with Crippen molar-refractivity contribution in [2.45, 2.75) is 52.1 Å². The molecule has 0 bridgehead atoms. The van der Waals surface area contributed by atoms with E-state index >= 15 is 0 Å². The van der Waals surface area contributed by atoms with Gasteiger partial charge in [0.2, 0.25) is 5.88 Å². The normalized spacial score (nSPS) is 24.6. The smallest absolute Gasteiger partial charge is 0.228 e. The Hall–Kier alpha value is -0.570. The molecule has 2 atom stereocenters. The van der Waals surface area contributed by atoms with Crippen LogP contribution in [0.4, 0.5) is 0 Å². The van der Waals surface area contributed by atoms with Crippen LogP contribution in [-0.2, 0) is 0 Å². The Balaban J connectivity index is 2.02. The van der Waals surface area contributed by atoms with Gasteiger partial charge in [-0.2, -0.15) is 0 Å². The van der Waals surface area contributed by atoms with Crippen LogP contribution in [0.15, 0.2) is 16.7 Å². The van der Waals surface area contributed by atoms with Gasteiger partial charge in [-0.05, 0) is 59.7 Å². The Morgan fingerprint density at radius 3 is 3.06 bits per heavy atom. The molecular formula is C14H20BrNO. The predicted molar refractivity (Wildman–Crippen MR) is 73.3 cm³/mol. The average molecular weight is 298 g/mol. The number of hydrogen-bond donors (Lipinski definition) is 0. The molecular weight excluding hydrogens is 278 g/mol. The predicted octanol–water partition coefficient (Wildman–Crippen LogP) is 4.50. The summed E-state index contributed by atoms with van der Waals surface area (Å²) in [5.74, 6) is 1.59. The first-order chi connectivity index (χ1) is 8.20. The van der Waals surface area contributed by atoms with Crippen LogP contribution in [0.3, 0.4) is 0 Å². The number of pyridine rings is 1. The molecule has 2 nitrogen and oxygen atoms in total. The zero-order valence-corrected chi connectivity index (χ0v) is 12.2. The van der Waals surface area contributed by atoms with Crippen molar-refractivity contribution in [2.75, 3.05) is 0 Å². The van der Waals surface area contributed by atoms with Crippen molar-refractivity contribution >= 4 is 15.9 Å². The first-order valence-electron chi connectivity index (χ1n) is 6.48. The first-order valence-corrected chi connectivity index (χ1v) is 7.27. The van der Waals surface area contributed by atoms with Gasteiger partial charge in [0.1, 0.15) is 6.10 Å². The van der Waals surface area contributed by atoms with Crippen molar-refractivity contribution in [2.24, 2.45) is 5.92 Å². The van der Waals surface area contributed by atoms with E-state index in [9.17, 15) is 0 Å². The Labute approximate surface area is 112 Å². The molecule has 1 saturated carbocycles. The molecule has 0 saturated heterocycles. The standard InChI is InChI=1S/C14H20BrNO/c1-3-11-5-4-6-12(9-11)17-14-13(15)10(2)7-8-16-14/h7-8,11-12H,3-6,9H2,1-2H3. The minimum absolute atomic E-state index is 0.347. The number of hydrogen-bond acceptors (Lipinski definition) is 2. The number of aromatic nitrogens is 1. The highest BCUT2D eigenvalue weighted by atomic mass is 79.9. The minimum atomic E-state index is 0.347. The Kier molecular flexibility index (Phi) is 4.43. The van der Waals surface area contributed by atoms with Gasteiger partial charge in [-0.15, -0.1) is 0 Å². The number of ether oxygens (including phenoxy) is 1. The van der Waals surface area contributed by atoms with Crippen LogP contribution in [0, 0.1) is 12.8 Å². The van der Waals surface area contributed by atoms with Crippen LogP contribution in [-0.4, -0.2) is 11.1 Å². The third kappa shape index (κ3) is 3.21. The second-order valence-corrected chi connectivity index (χ2v) is 5.72. The summed E-state index contributed by atoms with van der Waals surface area (Å²) in [5, 5.41) is 0. The van der Waals surface area contributed by atoms with Crippen molar-refractivity contribution in [3.63, 3.8) is 0 Å². The van der Waals surface area contributed by atoms with Gasteiger partial charge in [0.05, 0.1) is 4.47 Å². The highest BCUT2D eigenvalue weighted by Gasteiger charge is 2.23. The fraction of sp³-hybridized carbons (Fsp3) is 0.643. The van der Waals surface area contributed by atoms with E-state index < -0.39 is 0 Å². The molecule has 1 heterocycles. The summed E-state index contributed by atoms with van der Waals surface area (Å²) in [6.45, 7) is 4.34. The van der Waals surface area contributed by atoms with Crippen molar-refractivity contribution in [1.29, 1.82) is 0 Å². The number of aryl methyl sites for hydroxylation is 1. The third-order valence-corrected chi connectivity index (χ3v) is 4.61. The summed E-state index contributed by atoms with van der Waals surface area (Å²) < 4.78 is 7.04. The maximum atomic E-state index is 6.04. The SMILES string of the molecule is CCC1CCCC(Oc2nccc(C)c2Br)C1. The van der Waals surface area contributed by atoms with E-state index in [0.29, 0.717) is 6.10 Å². The highest BCUT2D eigenvalue weighted by Crippen LogP contribution is 2.32. The van der Waals surface area contributed by atoms with Gasteiger partial charge in [-0.25, -0.2) is 4.98 Å². The van der Waals surface area contributed by atoms with Crippen molar-refractivity contribution in [1.82, 2.24) is 4.98 Å². The summed E-state index contributed by atoms with van der Waals surface area (Å²) in [4.78, 5) is 4.31. The van der Waals surface area contributed by atoms with Crippen molar-refractivity contribution < 1.29 is 4.74 Å². The van der Waals surface area contributed by atoms with Gasteiger partial charge in [0.15, 0.2) is 0 Å². The lowest BCUT2D eigenvalue weighted by molar-refractivity contribution is 0.116. The van der Waals surface area contributed by atoms with Crippen molar-refractivity contribution in [3.8, 4) is 5.88 Å². The summed E-state index contributed by atoms with van der Waals surface area (Å²) in [6, 6.07) is 1.99. The zero-order valence-electron chi connectivity index (χ0n) is 10.6. The largest absolute Gasteiger partial charge is 0.474 e. The van der Waals surface area contributed by atoms with Gasteiger partial charge in [-0.1, -0.05) is 19.8 Å². The Morgan fingerprint density at radius 2 is 2.29 bits per heavy atom. The van der Waals surface area contributed by atoms with Gasteiger partial charge in [0, 0.05) is 6.20 Å². The van der Waals surface area contributed by atoms with E-state index in [0.717, 1.165) is 16.3 Å². The maximum Gasteiger partial charge on any atom is 0.228 e. The van der Waals surface area contributed by atoms with Gasteiger partial charge < -0.3 is 4.74 Å². The number of nitrogens with zero attached hydrogens (tertiary/aromatic N) is 1. The van der Waals surface area contributed by atoms with Crippen LogP contribution in [0.5, 0.6) is 5.88 Å². The molecule has 0 radical (unpaired) electrons. The molecule has 0 amide bonds. The molecule has 1 aliphatic rings. The molecule has 0 aromatic carbocycles. The first kappa shape index (κ1) is 12.9. The molecule has 2 rings (SSSR count). The molecule has 0 N–H and O–H groups in total. The summed E-state index contributed by atoms with van der Waals surface area (Å²) in [6.07, 6.45) is 8.42. The van der Waals surface area contributed by atoms with Crippen molar-refractivity contribution in [3.05, 3.63) is 22.3 Å². The molecule has 94 valence electrons. The number of rotatable bonds is 3. The third-order valence-electron chi connectivity index (χ3n) is 3.64. The second-order valence-electron chi connectivity index (χ2n) is 4.93. The van der Waals surface area contributed by atoms with Crippen LogP contribution >= 0.6 is 15.9 Å². The quantitative estimate of drug-likeness (QED) is 0.819. The lowest BCUT2D eigenvalue weighted by atomic mass is 9.85. The van der Waals surface area contributed by atoms with E-state index in [1.54, 1.807) is 0 Å². The van der Waals surface area contributed by atoms with Crippen LogP contribution < -0.4 is 4.74 Å². The van der Waals surface area contributed by atoms with E-state index in [4.69, 9.17) is 4.74 Å². The molecule has 1 aliphatic carbocycles. The minimum Gasteiger partial charge on any atom is -0.474 e. The van der Waals surface area contributed by atoms with Crippen LogP contribution in [0.25, 0.3) is 0 Å². The summed E-state index contributed by atoms with van der Waals surface area (Å²) in [5.41, 5.74) is 1.18.